The third-order valence-corrected chi connectivity index (χ3v) is 3.50. The first kappa shape index (κ1) is 19.5. The number of carbonyl (C=O) groups is 1. The molecule has 0 radical (unpaired) electrons. The summed E-state index contributed by atoms with van der Waals surface area (Å²) in [5, 5.41) is 13.3. The lowest BCUT2D eigenvalue weighted by atomic mass is 10.0. The lowest BCUT2D eigenvalue weighted by Crippen LogP contribution is -2.51. The Morgan fingerprint density at radius 3 is 2.30 bits per heavy atom. The number of hydrogen-bond donors (Lipinski definition) is 3. The first-order valence-corrected chi connectivity index (χ1v) is 8.32. The van der Waals surface area contributed by atoms with Crippen molar-refractivity contribution >= 4 is 6.03 Å². The van der Waals surface area contributed by atoms with Gasteiger partial charge in [-0.2, -0.15) is 0 Å². The van der Waals surface area contributed by atoms with Gasteiger partial charge in [-0.05, 0) is 31.7 Å². The Kier molecular flexibility index (Phi) is 8.06. The van der Waals surface area contributed by atoms with Gasteiger partial charge in [-0.25, -0.2) is 4.79 Å². The third kappa shape index (κ3) is 7.48. The topological polar surface area (TPSA) is 78.6 Å². The molecule has 2 atom stereocenters. The van der Waals surface area contributed by atoms with Crippen LogP contribution in [-0.4, -0.2) is 47.3 Å². The molecule has 0 fully saturated rings. The van der Waals surface area contributed by atoms with Crippen LogP contribution in [0.25, 0.3) is 0 Å². The number of amides is 2. The van der Waals surface area contributed by atoms with E-state index in [0.29, 0.717) is 18.9 Å². The van der Waals surface area contributed by atoms with Crippen molar-refractivity contribution in [3.63, 3.8) is 0 Å². The number of aliphatic hydroxyl groups is 1. The van der Waals surface area contributed by atoms with Gasteiger partial charge in [0.05, 0.1) is 6.10 Å². The molecule has 130 valence electrons. The van der Waals surface area contributed by atoms with Crippen LogP contribution in [0.5, 0.6) is 0 Å². The molecule has 0 unspecified atom stereocenters. The first-order chi connectivity index (χ1) is 10.8. The van der Waals surface area contributed by atoms with E-state index in [9.17, 15) is 9.90 Å². The molecule has 0 heterocycles. The van der Waals surface area contributed by atoms with Crippen molar-refractivity contribution in [1.29, 1.82) is 0 Å². The Labute approximate surface area is 139 Å². The Morgan fingerprint density at radius 2 is 1.78 bits per heavy atom. The van der Waals surface area contributed by atoms with E-state index in [4.69, 9.17) is 5.73 Å². The van der Waals surface area contributed by atoms with Crippen molar-refractivity contribution in [2.24, 2.45) is 11.7 Å². The normalized spacial score (nSPS) is 13.9. The van der Waals surface area contributed by atoms with Crippen molar-refractivity contribution < 1.29 is 9.90 Å². The molecule has 0 aliphatic carbocycles. The van der Waals surface area contributed by atoms with E-state index in [1.54, 1.807) is 4.90 Å². The van der Waals surface area contributed by atoms with Crippen LogP contribution < -0.4 is 11.1 Å². The van der Waals surface area contributed by atoms with Gasteiger partial charge in [0.15, 0.2) is 0 Å². The molecule has 1 rings (SSSR count). The van der Waals surface area contributed by atoms with E-state index in [0.717, 1.165) is 5.56 Å². The van der Waals surface area contributed by atoms with Crippen molar-refractivity contribution in [1.82, 2.24) is 10.2 Å². The summed E-state index contributed by atoms with van der Waals surface area (Å²) in [6, 6.07) is 9.34. The summed E-state index contributed by atoms with van der Waals surface area (Å²) in [5.41, 5.74) is 7.21. The molecule has 1 aromatic carbocycles. The quantitative estimate of drug-likeness (QED) is 0.685. The average molecular weight is 321 g/mol. The lowest BCUT2D eigenvalue weighted by Gasteiger charge is -2.30. The zero-order valence-corrected chi connectivity index (χ0v) is 14.7. The molecule has 5 nitrogen and oxygen atoms in total. The second-order valence-corrected chi connectivity index (χ2v) is 6.82. The highest BCUT2D eigenvalue weighted by Crippen LogP contribution is 2.08. The van der Waals surface area contributed by atoms with Crippen LogP contribution in [0, 0.1) is 5.92 Å². The third-order valence-electron chi connectivity index (χ3n) is 3.50. The van der Waals surface area contributed by atoms with E-state index >= 15 is 0 Å². The lowest BCUT2D eigenvalue weighted by molar-refractivity contribution is 0.0952. The van der Waals surface area contributed by atoms with E-state index in [1.165, 1.54) is 0 Å². The Morgan fingerprint density at radius 1 is 1.17 bits per heavy atom. The van der Waals surface area contributed by atoms with E-state index in [-0.39, 0.29) is 18.6 Å². The second-order valence-electron chi connectivity index (χ2n) is 6.82. The first-order valence-electron chi connectivity index (χ1n) is 8.32. The van der Waals surface area contributed by atoms with Crippen LogP contribution in [0.3, 0.4) is 0 Å². The van der Waals surface area contributed by atoms with E-state index in [1.807, 2.05) is 58.0 Å². The molecule has 0 saturated carbocycles. The van der Waals surface area contributed by atoms with Gasteiger partial charge in [-0.1, -0.05) is 44.2 Å². The summed E-state index contributed by atoms with van der Waals surface area (Å²) in [5.74, 6) is 0.325. The summed E-state index contributed by atoms with van der Waals surface area (Å²) in [6.45, 7) is 8.77. The molecular weight excluding hydrogens is 290 g/mol. The fraction of sp³-hybridized carbons (Fsp3) is 0.611. The van der Waals surface area contributed by atoms with Crippen LogP contribution in [-0.2, 0) is 6.42 Å². The highest BCUT2D eigenvalue weighted by Gasteiger charge is 2.23. The Balaban J connectivity index is 2.63. The smallest absolute Gasteiger partial charge is 0.317 e. The molecule has 0 spiro atoms. The molecule has 1 aromatic rings. The van der Waals surface area contributed by atoms with Crippen LogP contribution in [0.4, 0.5) is 4.79 Å². The van der Waals surface area contributed by atoms with Crippen LogP contribution >= 0.6 is 0 Å². The number of carbonyl (C=O) groups excluding carboxylic acids is 1. The van der Waals surface area contributed by atoms with Crippen molar-refractivity contribution in [2.45, 2.75) is 52.3 Å². The monoisotopic (exact) mass is 321 g/mol. The molecule has 0 aliphatic rings. The average Bonchev–Trinajstić information content (AvgIpc) is 2.46. The van der Waals surface area contributed by atoms with Gasteiger partial charge in [-0.3, -0.25) is 0 Å². The maximum Gasteiger partial charge on any atom is 0.317 e. The molecule has 4 N–H and O–H groups in total. The van der Waals surface area contributed by atoms with Gasteiger partial charge in [0.2, 0.25) is 0 Å². The number of nitrogens with zero attached hydrogens (tertiary/aromatic N) is 1. The van der Waals surface area contributed by atoms with Crippen molar-refractivity contribution in [2.75, 3.05) is 13.1 Å². The van der Waals surface area contributed by atoms with E-state index < -0.39 is 12.1 Å². The molecule has 0 aromatic heterocycles. The van der Waals surface area contributed by atoms with Gasteiger partial charge in [0.25, 0.3) is 0 Å². The van der Waals surface area contributed by atoms with Crippen LogP contribution in [0.2, 0.25) is 0 Å². The Hall–Kier alpha value is -1.59. The van der Waals surface area contributed by atoms with Crippen LogP contribution in [0.15, 0.2) is 30.3 Å². The number of nitrogens with two attached hydrogens (primary N) is 1. The molecule has 5 heteroatoms. The van der Waals surface area contributed by atoms with Gasteiger partial charge in [0.1, 0.15) is 0 Å². The minimum atomic E-state index is -0.758. The largest absolute Gasteiger partial charge is 0.390 e. The fourth-order valence-corrected chi connectivity index (χ4v) is 2.40. The summed E-state index contributed by atoms with van der Waals surface area (Å²) in [7, 11) is 0. The van der Waals surface area contributed by atoms with Gasteiger partial charge < -0.3 is 21.1 Å². The number of benzene rings is 1. The number of rotatable bonds is 8. The number of hydrogen-bond acceptors (Lipinski definition) is 3. The zero-order chi connectivity index (χ0) is 17.4. The maximum absolute atomic E-state index is 12.3. The second kappa shape index (κ2) is 9.53. The maximum atomic E-state index is 12.3. The standard InChI is InChI=1S/C18H31N3O2/c1-13(2)11-21(18(23)20-14(3)4)12-17(22)16(19)10-15-8-6-5-7-9-15/h5-9,13-14,16-17,22H,10-12,19H2,1-4H3,(H,20,23)/t16-,17+/m0/s1. The zero-order valence-electron chi connectivity index (χ0n) is 14.7. The summed E-state index contributed by atoms with van der Waals surface area (Å²) >= 11 is 0. The summed E-state index contributed by atoms with van der Waals surface area (Å²) in [6.07, 6.45) is -0.171. The van der Waals surface area contributed by atoms with Crippen molar-refractivity contribution in [3.05, 3.63) is 35.9 Å². The molecule has 23 heavy (non-hydrogen) atoms. The summed E-state index contributed by atoms with van der Waals surface area (Å²) in [4.78, 5) is 13.9. The molecule has 0 saturated heterocycles. The Bertz CT molecular complexity index is 463. The SMILES string of the molecule is CC(C)CN(C[C@@H](O)[C@@H](N)Cc1ccccc1)C(=O)NC(C)C. The number of aliphatic hydroxyl groups excluding tert-OH is 1. The number of nitrogens with one attached hydrogen (secondary N) is 1. The minimum Gasteiger partial charge on any atom is -0.390 e. The van der Waals surface area contributed by atoms with Crippen LogP contribution in [0.1, 0.15) is 33.3 Å². The molecule has 0 aliphatic heterocycles. The van der Waals surface area contributed by atoms with Gasteiger partial charge in [-0.15, -0.1) is 0 Å². The van der Waals surface area contributed by atoms with E-state index in [2.05, 4.69) is 5.32 Å². The molecule has 0 bridgehead atoms. The van der Waals surface area contributed by atoms with Gasteiger partial charge in [0, 0.05) is 25.2 Å². The summed E-state index contributed by atoms with van der Waals surface area (Å²) < 4.78 is 0. The predicted octanol–water partition coefficient (Wildman–Crippen LogP) is 1.99. The molecule has 2 amide bonds. The highest BCUT2D eigenvalue weighted by atomic mass is 16.3. The number of urea groups is 1. The van der Waals surface area contributed by atoms with Gasteiger partial charge >= 0.3 is 6.03 Å². The molecular formula is C18H31N3O2. The fourth-order valence-electron chi connectivity index (χ4n) is 2.40. The highest BCUT2D eigenvalue weighted by molar-refractivity contribution is 5.74. The minimum absolute atomic E-state index is 0.0623. The predicted molar refractivity (Wildman–Crippen MR) is 94.2 cm³/mol. The van der Waals surface area contributed by atoms with Crippen molar-refractivity contribution in [3.8, 4) is 0 Å².